The van der Waals surface area contributed by atoms with Gasteiger partial charge in [0.25, 0.3) is 5.91 Å². The molecule has 3 rings (SSSR count). The first kappa shape index (κ1) is 18.4. The molecule has 0 fully saturated rings. The number of carbonyl (C=O) groups is 1. The van der Waals surface area contributed by atoms with Crippen LogP contribution < -0.4 is 11.1 Å². The largest absolute Gasteiger partial charge is 0.383 e. The lowest BCUT2D eigenvalue weighted by molar-refractivity contribution is 0.0955. The molecule has 0 bridgehead atoms. The molecule has 2 heterocycles. The van der Waals surface area contributed by atoms with Crippen molar-refractivity contribution in [1.29, 1.82) is 0 Å². The third-order valence-electron chi connectivity index (χ3n) is 3.61. The summed E-state index contributed by atoms with van der Waals surface area (Å²) in [6.07, 6.45) is 1.67. The number of carbonyl (C=O) groups excluding carboxylic acids is 1. The number of nitrogens with two attached hydrogens (primary N) is 1. The van der Waals surface area contributed by atoms with Crippen LogP contribution in [0.3, 0.4) is 0 Å². The van der Waals surface area contributed by atoms with Gasteiger partial charge in [0.05, 0.1) is 11.4 Å². The highest BCUT2D eigenvalue weighted by Crippen LogP contribution is 2.28. The predicted molar refractivity (Wildman–Crippen MR) is 112 cm³/mol. The molecule has 1 aromatic carbocycles. The second kappa shape index (κ2) is 7.88. The van der Waals surface area contributed by atoms with Gasteiger partial charge < -0.3 is 11.1 Å². The van der Waals surface area contributed by atoms with Crippen molar-refractivity contribution >= 4 is 72.1 Å². The molecule has 1 amide bonds. The zero-order valence-corrected chi connectivity index (χ0v) is 16.5. The van der Waals surface area contributed by atoms with E-state index >= 15 is 0 Å². The first-order chi connectivity index (χ1) is 11.9. The summed E-state index contributed by atoms with van der Waals surface area (Å²) in [7, 11) is 0. The Kier molecular flexibility index (Phi) is 5.80. The summed E-state index contributed by atoms with van der Waals surface area (Å²) in [6, 6.07) is 9.51. The van der Waals surface area contributed by atoms with Crippen LogP contribution in [0, 0.1) is 0 Å². The Bertz CT molecular complexity index is 926. The number of hydrogen-bond donors (Lipinski definition) is 5. The number of pyridine rings is 1. The van der Waals surface area contributed by atoms with Gasteiger partial charge in [-0.1, -0.05) is 37.8 Å². The molecule has 0 saturated heterocycles. The lowest BCUT2D eigenvalue weighted by Gasteiger charge is -2.07. The molecule has 0 atom stereocenters. The number of thiol groups is 3. The van der Waals surface area contributed by atoms with E-state index in [-0.39, 0.29) is 5.91 Å². The van der Waals surface area contributed by atoms with Gasteiger partial charge in [-0.25, -0.2) is 4.98 Å². The van der Waals surface area contributed by atoms with Crippen molar-refractivity contribution in [2.75, 3.05) is 5.73 Å². The van der Waals surface area contributed by atoms with Gasteiger partial charge in [-0.2, -0.15) is 3.71 Å². The Balaban J connectivity index is 1.70. The third kappa shape index (κ3) is 4.42. The van der Waals surface area contributed by atoms with Crippen LogP contribution in [0.4, 0.5) is 5.82 Å². The third-order valence-corrected chi connectivity index (χ3v) is 5.56. The van der Waals surface area contributed by atoms with Crippen molar-refractivity contribution in [1.82, 2.24) is 14.0 Å². The molecule has 3 aromatic rings. The average Bonchev–Trinajstić information content (AvgIpc) is 2.93. The summed E-state index contributed by atoms with van der Waals surface area (Å²) in [4.78, 5) is 18.7. The normalized spacial score (nSPS) is 11.2. The number of anilines is 1. The van der Waals surface area contributed by atoms with Gasteiger partial charge in [0.2, 0.25) is 0 Å². The van der Waals surface area contributed by atoms with Crippen LogP contribution in [0.2, 0.25) is 0 Å². The van der Waals surface area contributed by atoms with Crippen molar-refractivity contribution in [2.45, 2.75) is 18.0 Å². The summed E-state index contributed by atoms with van der Waals surface area (Å²) in [6.45, 7) is 0.931. The van der Waals surface area contributed by atoms with Crippen molar-refractivity contribution in [3.8, 4) is 0 Å². The van der Waals surface area contributed by atoms with E-state index < -0.39 is 0 Å². The number of aromatic nitrogens is 1. The summed E-state index contributed by atoms with van der Waals surface area (Å²) < 4.78 is 1.45. The lowest BCUT2D eigenvalue weighted by Crippen LogP contribution is -2.21. The molecule has 0 spiro atoms. The zero-order valence-electron chi connectivity index (χ0n) is 13.0. The molecule has 130 valence electrons. The minimum atomic E-state index is -0.134. The molecule has 0 unspecified atom stereocenters. The summed E-state index contributed by atoms with van der Waals surface area (Å²) >= 11 is 14.0. The van der Waals surface area contributed by atoms with Crippen molar-refractivity contribution in [2.24, 2.45) is 0 Å². The molecular weight excluding hydrogens is 392 g/mol. The molecule has 0 saturated carbocycles. The zero-order chi connectivity index (χ0) is 18.0. The fraction of sp³-hybridized carbons (Fsp3) is 0.125. The van der Waals surface area contributed by atoms with Crippen molar-refractivity contribution in [3.05, 3.63) is 51.8 Å². The standard InChI is InChI=1S/C16H16N4OS4/c17-15-11-2-1-9(5-10(11)3-4-18-15)7-19-16(21)13-6-12(22)14(25-13)8-20(23)24/h1-6,22-24H,7-8H2,(H2,17,18)(H,19,21). The fourth-order valence-corrected chi connectivity index (χ4v) is 4.27. The molecular formula is C16H16N4OS4. The van der Waals surface area contributed by atoms with E-state index in [0.29, 0.717) is 23.8 Å². The van der Waals surface area contributed by atoms with Gasteiger partial charge in [-0.05, 0) is 29.1 Å². The van der Waals surface area contributed by atoms with Crippen LogP contribution in [0.1, 0.15) is 20.1 Å². The van der Waals surface area contributed by atoms with Crippen molar-refractivity contribution < 1.29 is 4.79 Å². The SMILES string of the molecule is Nc1nccc2cc(CNC(=O)c3cc(S)c(CN(S)S)s3)ccc12. The maximum Gasteiger partial charge on any atom is 0.261 e. The van der Waals surface area contributed by atoms with Gasteiger partial charge in [-0.15, -0.1) is 24.0 Å². The van der Waals surface area contributed by atoms with Crippen molar-refractivity contribution in [3.63, 3.8) is 0 Å². The molecule has 9 heteroatoms. The first-order valence-corrected chi connectivity index (χ1v) is 9.38. The van der Waals surface area contributed by atoms with E-state index in [4.69, 9.17) is 5.73 Å². The van der Waals surface area contributed by atoms with Gasteiger partial charge in [-0.3, -0.25) is 4.79 Å². The van der Waals surface area contributed by atoms with Gasteiger partial charge in [0.15, 0.2) is 0 Å². The number of amides is 1. The van der Waals surface area contributed by atoms with Crippen LogP contribution in [-0.4, -0.2) is 14.6 Å². The van der Waals surface area contributed by atoms with E-state index in [1.54, 1.807) is 12.3 Å². The number of fused-ring (bicyclic) bond motifs is 1. The Morgan fingerprint density at radius 1 is 1.28 bits per heavy atom. The molecule has 5 nitrogen and oxygen atoms in total. The lowest BCUT2D eigenvalue weighted by atomic mass is 10.1. The molecule has 0 aliphatic rings. The molecule has 2 aromatic heterocycles. The number of rotatable bonds is 5. The summed E-state index contributed by atoms with van der Waals surface area (Å²) in [5, 5.41) is 4.83. The Hall–Kier alpha value is -1.39. The number of nitrogen functional groups attached to an aromatic ring is 1. The fourth-order valence-electron chi connectivity index (χ4n) is 2.40. The Morgan fingerprint density at radius 3 is 2.84 bits per heavy atom. The summed E-state index contributed by atoms with van der Waals surface area (Å²) in [5.74, 6) is 0.369. The van der Waals surface area contributed by atoms with E-state index in [9.17, 15) is 4.79 Å². The number of thiophene rings is 1. The van der Waals surface area contributed by atoms with E-state index in [1.165, 1.54) is 15.0 Å². The number of benzene rings is 1. The maximum atomic E-state index is 12.4. The van der Waals surface area contributed by atoms with Gasteiger partial charge in [0.1, 0.15) is 5.82 Å². The quantitative estimate of drug-likeness (QED) is 0.419. The minimum absolute atomic E-state index is 0.134. The monoisotopic (exact) mass is 408 g/mol. The van der Waals surface area contributed by atoms with Crippen LogP contribution >= 0.6 is 49.6 Å². The number of hydrogen-bond acceptors (Lipinski definition) is 8. The molecule has 0 aliphatic carbocycles. The second-order valence-corrected chi connectivity index (χ2v) is 8.28. The minimum Gasteiger partial charge on any atom is -0.383 e. The Morgan fingerprint density at radius 2 is 2.08 bits per heavy atom. The number of nitrogens with one attached hydrogen (secondary N) is 1. The smallest absolute Gasteiger partial charge is 0.261 e. The average molecular weight is 409 g/mol. The molecule has 25 heavy (non-hydrogen) atoms. The first-order valence-electron chi connectivity index (χ1n) is 7.32. The molecule has 0 aliphatic heterocycles. The van der Waals surface area contributed by atoms with E-state index in [1.807, 2.05) is 24.3 Å². The van der Waals surface area contributed by atoms with E-state index in [2.05, 4.69) is 48.6 Å². The highest BCUT2D eigenvalue weighted by atomic mass is 32.2. The summed E-state index contributed by atoms with van der Waals surface area (Å²) in [5.41, 5.74) is 6.85. The van der Waals surface area contributed by atoms with Crippen LogP contribution in [0.25, 0.3) is 10.8 Å². The number of nitrogens with zero attached hydrogens (tertiary/aromatic N) is 2. The van der Waals surface area contributed by atoms with Gasteiger partial charge >= 0.3 is 0 Å². The predicted octanol–water partition coefficient (Wildman–Crippen LogP) is 3.59. The highest BCUT2D eigenvalue weighted by molar-refractivity contribution is 7.93. The second-order valence-electron chi connectivity index (χ2n) is 5.38. The highest BCUT2D eigenvalue weighted by Gasteiger charge is 2.14. The molecule has 3 N–H and O–H groups in total. The van der Waals surface area contributed by atoms with Gasteiger partial charge in [0, 0.05) is 27.9 Å². The maximum absolute atomic E-state index is 12.4. The van der Waals surface area contributed by atoms with Crippen LogP contribution in [0.15, 0.2) is 41.4 Å². The van der Waals surface area contributed by atoms with Crippen LogP contribution in [0.5, 0.6) is 0 Å². The van der Waals surface area contributed by atoms with E-state index in [0.717, 1.165) is 26.1 Å². The van der Waals surface area contributed by atoms with Crippen LogP contribution in [-0.2, 0) is 13.1 Å². The molecule has 0 radical (unpaired) electrons. The Labute approximate surface area is 166 Å². The topological polar surface area (TPSA) is 71.2 Å².